The minimum Gasteiger partial charge on any atom is -0.364 e. The van der Waals surface area contributed by atoms with E-state index in [1.54, 1.807) is 17.1 Å². The van der Waals surface area contributed by atoms with Gasteiger partial charge in [-0.1, -0.05) is 26.3 Å². The molecule has 13 heteroatoms. The van der Waals surface area contributed by atoms with E-state index in [9.17, 15) is 8.78 Å². The lowest BCUT2D eigenvalue weighted by Gasteiger charge is -2.25. The van der Waals surface area contributed by atoms with Gasteiger partial charge in [0.05, 0.1) is 35.2 Å². The number of imidazole rings is 1. The van der Waals surface area contributed by atoms with Crippen LogP contribution in [0, 0.1) is 18.6 Å². The Labute approximate surface area is 247 Å². The number of fused-ring (bicyclic) bond motifs is 1. The summed E-state index contributed by atoms with van der Waals surface area (Å²) in [6.45, 7) is 11.2. The molecule has 0 spiro atoms. The summed E-state index contributed by atoms with van der Waals surface area (Å²) < 4.78 is 35.7. The van der Waals surface area contributed by atoms with Crippen LogP contribution in [-0.4, -0.2) is 53.3 Å². The fraction of sp³-hybridized carbons (Fsp3) is 0.345. The molecule has 1 saturated heterocycles. The van der Waals surface area contributed by atoms with Gasteiger partial charge in [0.1, 0.15) is 18.5 Å². The van der Waals surface area contributed by atoms with Crippen molar-refractivity contribution in [1.82, 2.24) is 33.4 Å². The predicted octanol–water partition coefficient (Wildman–Crippen LogP) is 6.28. The Balaban J connectivity index is 0.000000972. The number of nitrogens with one attached hydrogen (secondary N) is 2. The van der Waals surface area contributed by atoms with E-state index in [0.29, 0.717) is 11.5 Å². The van der Waals surface area contributed by atoms with Gasteiger partial charge in [-0.05, 0) is 62.6 Å². The number of benzene rings is 1. The maximum Gasteiger partial charge on any atom is 0.181 e. The molecule has 1 aliphatic rings. The number of rotatable bonds is 8. The van der Waals surface area contributed by atoms with E-state index in [1.807, 2.05) is 44.4 Å². The van der Waals surface area contributed by atoms with Crippen LogP contribution in [0.15, 0.2) is 49.1 Å². The second-order valence-electron chi connectivity index (χ2n) is 9.42. The van der Waals surface area contributed by atoms with Crippen molar-refractivity contribution >= 4 is 40.5 Å². The molecule has 5 aromatic rings. The van der Waals surface area contributed by atoms with E-state index < -0.39 is 11.6 Å². The van der Waals surface area contributed by atoms with Crippen LogP contribution in [0.25, 0.3) is 16.9 Å². The summed E-state index contributed by atoms with van der Waals surface area (Å²) >= 11 is 1.42. The van der Waals surface area contributed by atoms with Gasteiger partial charge in [-0.15, -0.1) is 0 Å². The van der Waals surface area contributed by atoms with Gasteiger partial charge in [0.15, 0.2) is 23.1 Å². The maximum atomic E-state index is 14.0. The van der Waals surface area contributed by atoms with Crippen molar-refractivity contribution in [3.63, 3.8) is 0 Å². The number of piperidine rings is 1. The van der Waals surface area contributed by atoms with Crippen LogP contribution in [0.3, 0.4) is 0 Å². The summed E-state index contributed by atoms with van der Waals surface area (Å²) in [6.07, 6.45) is 11.1. The molecule has 0 saturated carbocycles. The first-order valence-corrected chi connectivity index (χ1v) is 14.6. The first-order valence-electron chi connectivity index (χ1n) is 13.8. The lowest BCUT2D eigenvalue weighted by atomic mass is 10.1. The molecule has 0 amide bonds. The van der Waals surface area contributed by atoms with Crippen molar-refractivity contribution in [2.75, 3.05) is 23.7 Å². The number of nitrogens with zero attached hydrogens (tertiary/aromatic N) is 7. The Kier molecular flexibility index (Phi) is 10.7. The normalized spacial score (nSPS) is 13.2. The standard InChI is InChI=1S/C26H27F2N9S.C2H6.CH2O/c1-17-13-37-22(18-11-31-36(14-18)16-30-21-7-5-6-20(27)24(21)28)12-29-26(37)25(32-17)33-23-10-19(34-38-23)15-35-8-3-2-4-9-35;2*1-2/h5-7,10-14,30H,2-4,8-9,15-16H2,1H3,(H,32,33);1-2H3;1H2. The number of hydrogen-bond donors (Lipinski definition) is 2. The molecule has 222 valence electrons. The zero-order valence-corrected chi connectivity index (χ0v) is 24.8. The van der Waals surface area contributed by atoms with Crippen LogP contribution in [0.4, 0.5) is 25.3 Å². The Bertz CT molecular complexity index is 1590. The first-order chi connectivity index (χ1) is 20.5. The molecule has 42 heavy (non-hydrogen) atoms. The summed E-state index contributed by atoms with van der Waals surface area (Å²) in [7, 11) is 0. The molecule has 1 aromatic carbocycles. The Morgan fingerprint density at radius 3 is 2.64 bits per heavy atom. The molecule has 6 rings (SSSR count). The molecule has 4 aromatic heterocycles. The summed E-state index contributed by atoms with van der Waals surface area (Å²) in [5.41, 5.74) is 4.32. The smallest absolute Gasteiger partial charge is 0.181 e. The molecule has 5 heterocycles. The lowest BCUT2D eigenvalue weighted by molar-refractivity contribution is -0.0980. The number of carbonyl (C=O) groups is 1. The number of carbonyl (C=O) groups excluding carboxylic acids is 1. The summed E-state index contributed by atoms with van der Waals surface area (Å²) in [6, 6.07) is 6.11. The fourth-order valence-electron chi connectivity index (χ4n) is 4.70. The van der Waals surface area contributed by atoms with E-state index >= 15 is 0 Å². The minimum absolute atomic E-state index is 0.0800. The monoisotopic (exact) mass is 595 g/mol. The number of anilines is 3. The van der Waals surface area contributed by atoms with Crippen molar-refractivity contribution in [3.8, 4) is 11.3 Å². The zero-order chi connectivity index (χ0) is 30.1. The van der Waals surface area contributed by atoms with E-state index in [4.69, 9.17) is 4.79 Å². The van der Waals surface area contributed by atoms with Crippen LogP contribution in [-0.2, 0) is 18.0 Å². The third-order valence-electron chi connectivity index (χ3n) is 6.56. The van der Waals surface area contributed by atoms with Crippen molar-refractivity contribution in [1.29, 1.82) is 0 Å². The van der Waals surface area contributed by atoms with Crippen LogP contribution in [0.2, 0.25) is 0 Å². The summed E-state index contributed by atoms with van der Waals surface area (Å²) in [5.74, 6) is -1.16. The van der Waals surface area contributed by atoms with Crippen molar-refractivity contribution < 1.29 is 13.6 Å². The minimum atomic E-state index is -0.913. The van der Waals surface area contributed by atoms with Gasteiger partial charge in [-0.25, -0.2) is 18.7 Å². The van der Waals surface area contributed by atoms with E-state index in [-0.39, 0.29) is 12.4 Å². The molecule has 0 radical (unpaired) electrons. The van der Waals surface area contributed by atoms with Gasteiger partial charge in [0.25, 0.3) is 0 Å². The number of aryl methyl sites for hydroxylation is 1. The molecule has 1 aliphatic heterocycles. The van der Waals surface area contributed by atoms with Gasteiger partial charge in [0.2, 0.25) is 0 Å². The first kappa shape index (κ1) is 30.7. The fourth-order valence-corrected chi connectivity index (χ4v) is 5.36. The highest BCUT2D eigenvalue weighted by Gasteiger charge is 2.16. The zero-order valence-electron chi connectivity index (χ0n) is 24.0. The Hall–Kier alpha value is -4.23. The number of likely N-dealkylation sites (tertiary alicyclic amines) is 1. The van der Waals surface area contributed by atoms with Gasteiger partial charge >= 0.3 is 0 Å². The van der Waals surface area contributed by atoms with Crippen LogP contribution >= 0.6 is 11.5 Å². The van der Waals surface area contributed by atoms with Gasteiger partial charge in [0, 0.05) is 24.5 Å². The summed E-state index contributed by atoms with van der Waals surface area (Å²) in [4.78, 5) is 19.8. The highest BCUT2D eigenvalue weighted by molar-refractivity contribution is 7.10. The van der Waals surface area contributed by atoms with Gasteiger partial charge in [-0.2, -0.15) is 9.47 Å². The van der Waals surface area contributed by atoms with Crippen molar-refractivity contribution in [3.05, 3.63) is 72.1 Å². The Morgan fingerprint density at radius 1 is 1.07 bits per heavy atom. The number of aromatic nitrogens is 6. The molecule has 0 bridgehead atoms. The average molecular weight is 596 g/mol. The average Bonchev–Trinajstić information content (AvgIpc) is 3.77. The highest BCUT2D eigenvalue weighted by Crippen LogP contribution is 2.28. The van der Waals surface area contributed by atoms with E-state index in [2.05, 4.69) is 41.0 Å². The third kappa shape index (κ3) is 7.15. The van der Waals surface area contributed by atoms with Gasteiger partial charge < -0.3 is 15.4 Å². The van der Waals surface area contributed by atoms with Crippen molar-refractivity contribution in [2.45, 2.75) is 53.2 Å². The number of halogens is 2. The summed E-state index contributed by atoms with van der Waals surface area (Å²) in [5, 5.41) is 11.6. The van der Waals surface area contributed by atoms with Gasteiger partial charge in [-0.3, -0.25) is 14.0 Å². The molecule has 0 aliphatic carbocycles. The quantitative estimate of drug-likeness (QED) is 0.216. The molecule has 10 nitrogen and oxygen atoms in total. The van der Waals surface area contributed by atoms with E-state index in [0.717, 1.165) is 53.3 Å². The highest BCUT2D eigenvalue weighted by atomic mass is 32.1. The topological polar surface area (TPSA) is 105 Å². The predicted molar refractivity (Wildman–Crippen MR) is 162 cm³/mol. The Morgan fingerprint density at radius 2 is 1.86 bits per heavy atom. The third-order valence-corrected chi connectivity index (χ3v) is 7.30. The van der Waals surface area contributed by atoms with Crippen LogP contribution in [0.5, 0.6) is 0 Å². The SMILES string of the molecule is C=O.CC.Cc1cn2c(-c3cnn(CNc4cccc(F)c4F)c3)cnc2c(Nc2cc(CN3CCCCC3)ns2)n1. The molecular weight excluding hydrogens is 560 g/mol. The second-order valence-corrected chi connectivity index (χ2v) is 10.2. The maximum absolute atomic E-state index is 14.0. The molecule has 0 atom stereocenters. The molecule has 2 N–H and O–H groups in total. The van der Waals surface area contributed by atoms with Crippen LogP contribution < -0.4 is 10.6 Å². The lowest BCUT2D eigenvalue weighted by Crippen LogP contribution is -2.29. The molecular formula is C29H35F2N9OS. The number of hydrogen-bond acceptors (Lipinski definition) is 9. The second kappa shape index (κ2) is 14.6. The molecule has 0 unspecified atom stereocenters. The van der Waals surface area contributed by atoms with Crippen LogP contribution in [0.1, 0.15) is 44.5 Å². The molecule has 1 fully saturated rings. The largest absolute Gasteiger partial charge is 0.364 e. The van der Waals surface area contributed by atoms with Crippen molar-refractivity contribution in [2.24, 2.45) is 0 Å². The van der Waals surface area contributed by atoms with E-state index in [1.165, 1.54) is 42.9 Å².